The first kappa shape index (κ1) is 47.6. The van der Waals surface area contributed by atoms with Crippen molar-refractivity contribution < 1.29 is 15.0 Å². The lowest BCUT2D eigenvalue weighted by molar-refractivity contribution is -0.123. The zero-order valence-corrected chi connectivity index (χ0v) is 32.6. The monoisotopic (exact) mass is 694 g/mol. The maximum absolute atomic E-state index is 12.4. The number of aliphatic hydroxyl groups is 2. The maximum atomic E-state index is 12.4. The zero-order valence-electron chi connectivity index (χ0n) is 32.6. The Morgan fingerprint density at radius 2 is 0.880 bits per heavy atom. The number of rotatable bonds is 36. The van der Waals surface area contributed by atoms with Gasteiger partial charge in [0, 0.05) is 6.42 Å². The highest BCUT2D eigenvalue weighted by atomic mass is 16.3. The molecule has 0 aliphatic carbocycles. The van der Waals surface area contributed by atoms with E-state index in [2.05, 4.69) is 92.1 Å². The van der Waals surface area contributed by atoms with Crippen molar-refractivity contribution in [3.63, 3.8) is 0 Å². The minimum Gasteiger partial charge on any atom is -0.394 e. The first-order chi connectivity index (χ1) is 24.7. The number of carbonyl (C=O) groups excluding carboxylic acids is 1. The molecule has 0 aliphatic heterocycles. The van der Waals surface area contributed by atoms with Crippen molar-refractivity contribution in [3.05, 3.63) is 85.1 Å². The highest BCUT2D eigenvalue weighted by molar-refractivity contribution is 5.76. The van der Waals surface area contributed by atoms with Gasteiger partial charge in [-0.3, -0.25) is 4.79 Å². The number of nitrogens with one attached hydrogen (secondary N) is 1. The van der Waals surface area contributed by atoms with E-state index in [1.807, 2.05) is 6.08 Å². The van der Waals surface area contributed by atoms with Crippen LogP contribution in [0.4, 0.5) is 0 Å². The summed E-state index contributed by atoms with van der Waals surface area (Å²) in [5.74, 6) is -0.110. The van der Waals surface area contributed by atoms with Crippen LogP contribution in [0.5, 0.6) is 0 Å². The van der Waals surface area contributed by atoms with Gasteiger partial charge < -0.3 is 15.5 Å². The number of hydrogen-bond donors (Lipinski definition) is 3. The first-order valence-corrected chi connectivity index (χ1v) is 20.8. The van der Waals surface area contributed by atoms with E-state index in [9.17, 15) is 15.0 Å². The summed E-state index contributed by atoms with van der Waals surface area (Å²) < 4.78 is 0. The van der Waals surface area contributed by atoms with Crippen molar-refractivity contribution in [2.24, 2.45) is 0 Å². The fourth-order valence-electron chi connectivity index (χ4n) is 5.71. The smallest absolute Gasteiger partial charge is 0.220 e. The van der Waals surface area contributed by atoms with Gasteiger partial charge >= 0.3 is 0 Å². The molecule has 3 N–H and O–H groups in total. The minimum absolute atomic E-state index is 0.110. The summed E-state index contributed by atoms with van der Waals surface area (Å²) in [4.78, 5) is 12.4. The fourth-order valence-corrected chi connectivity index (χ4v) is 5.71. The second kappa shape index (κ2) is 41.0. The first-order valence-electron chi connectivity index (χ1n) is 20.8. The summed E-state index contributed by atoms with van der Waals surface area (Å²) in [5, 5.41) is 23.0. The SMILES string of the molecule is CC/C=C\C/C=C\C/C=C\C/C=C\C/C=C\C/C=C\CCCCC(=O)NC(CO)C(O)/C=C/CCCCCCCCCCCCCCCCC. The Hall–Kier alpha value is -2.43. The highest BCUT2D eigenvalue weighted by Crippen LogP contribution is 2.14. The van der Waals surface area contributed by atoms with Crippen LogP contribution in [-0.2, 0) is 4.79 Å². The van der Waals surface area contributed by atoms with E-state index in [-0.39, 0.29) is 12.5 Å². The normalized spacial score (nSPS) is 13.9. The Morgan fingerprint density at radius 1 is 0.500 bits per heavy atom. The molecule has 2 unspecified atom stereocenters. The molecule has 0 radical (unpaired) electrons. The quantitative estimate of drug-likeness (QED) is 0.0452. The van der Waals surface area contributed by atoms with Crippen molar-refractivity contribution in [2.75, 3.05) is 6.61 Å². The fraction of sp³-hybridized carbons (Fsp3) is 0.674. The molecule has 0 saturated heterocycles. The van der Waals surface area contributed by atoms with Gasteiger partial charge in [-0.05, 0) is 70.6 Å². The Balaban J connectivity index is 3.74. The zero-order chi connectivity index (χ0) is 36.4. The van der Waals surface area contributed by atoms with Crippen LogP contribution in [0.3, 0.4) is 0 Å². The molecule has 0 aliphatic rings. The molecule has 286 valence electrons. The standard InChI is InChI=1S/C46H79NO3/c1-3-5-7-9-11-13-15-17-19-21-22-23-24-26-28-30-32-34-36-38-40-42-46(50)47-44(43-48)45(49)41-39-37-35-33-31-29-27-25-20-18-16-14-12-10-8-6-4-2/h5,7,11,13,17,19,22-23,26,28,32,34,39,41,44-45,48-49H,3-4,6,8-10,12,14-16,18,20-21,24-25,27,29-31,33,35-38,40,42-43H2,1-2H3,(H,47,50)/b7-5-,13-11-,19-17-,23-22-,28-26-,34-32-,41-39+. The second-order valence-corrected chi connectivity index (χ2v) is 13.7. The number of unbranched alkanes of at least 4 members (excludes halogenated alkanes) is 17. The predicted molar refractivity (Wildman–Crippen MR) is 220 cm³/mol. The Morgan fingerprint density at radius 3 is 1.32 bits per heavy atom. The lowest BCUT2D eigenvalue weighted by Crippen LogP contribution is -2.45. The average Bonchev–Trinajstić information content (AvgIpc) is 3.12. The molecule has 1 amide bonds. The van der Waals surface area contributed by atoms with Crippen LogP contribution in [0.2, 0.25) is 0 Å². The van der Waals surface area contributed by atoms with Gasteiger partial charge in [0.1, 0.15) is 0 Å². The van der Waals surface area contributed by atoms with Crippen molar-refractivity contribution in [1.29, 1.82) is 0 Å². The van der Waals surface area contributed by atoms with Gasteiger partial charge in [0.15, 0.2) is 0 Å². The molecule has 0 aromatic carbocycles. The van der Waals surface area contributed by atoms with Crippen LogP contribution < -0.4 is 5.32 Å². The minimum atomic E-state index is -0.862. The third-order valence-corrected chi connectivity index (χ3v) is 8.88. The molecular weight excluding hydrogens is 615 g/mol. The van der Waals surface area contributed by atoms with Crippen LogP contribution in [0, 0.1) is 0 Å². The number of carbonyl (C=O) groups is 1. The molecule has 0 fully saturated rings. The highest BCUT2D eigenvalue weighted by Gasteiger charge is 2.17. The molecule has 0 aromatic rings. The van der Waals surface area contributed by atoms with Crippen LogP contribution in [0.1, 0.15) is 181 Å². The van der Waals surface area contributed by atoms with Gasteiger partial charge in [-0.1, -0.05) is 189 Å². The molecular formula is C46H79NO3. The predicted octanol–water partition coefficient (Wildman–Crippen LogP) is 12.9. The van der Waals surface area contributed by atoms with E-state index < -0.39 is 12.1 Å². The third-order valence-electron chi connectivity index (χ3n) is 8.88. The summed E-state index contributed by atoms with van der Waals surface area (Å²) in [6.45, 7) is 4.16. The van der Waals surface area contributed by atoms with Crippen molar-refractivity contribution in [3.8, 4) is 0 Å². The largest absolute Gasteiger partial charge is 0.394 e. The van der Waals surface area contributed by atoms with Crippen LogP contribution >= 0.6 is 0 Å². The molecule has 0 aromatic heterocycles. The van der Waals surface area contributed by atoms with E-state index in [0.29, 0.717) is 6.42 Å². The van der Waals surface area contributed by atoms with E-state index in [0.717, 1.165) is 70.6 Å². The molecule has 4 heteroatoms. The molecule has 0 heterocycles. The van der Waals surface area contributed by atoms with E-state index in [1.165, 1.54) is 89.9 Å². The van der Waals surface area contributed by atoms with Gasteiger partial charge in [-0.2, -0.15) is 0 Å². The molecule has 0 bridgehead atoms. The third kappa shape index (κ3) is 36.8. The van der Waals surface area contributed by atoms with Gasteiger partial charge in [0.2, 0.25) is 5.91 Å². The molecule has 0 rings (SSSR count). The summed E-state index contributed by atoms with van der Waals surface area (Å²) in [6.07, 6.45) is 59.6. The summed E-state index contributed by atoms with van der Waals surface area (Å²) >= 11 is 0. The molecule has 50 heavy (non-hydrogen) atoms. The van der Waals surface area contributed by atoms with Gasteiger partial charge in [-0.25, -0.2) is 0 Å². The van der Waals surface area contributed by atoms with Gasteiger partial charge in [0.25, 0.3) is 0 Å². The lowest BCUT2D eigenvalue weighted by Gasteiger charge is -2.19. The number of allylic oxidation sites excluding steroid dienone is 13. The lowest BCUT2D eigenvalue weighted by atomic mass is 10.0. The van der Waals surface area contributed by atoms with Crippen LogP contribution in [0.15, 0.2) is 85.1 Å². The topological polar surface area (TPSA) is 69.6 Å². The Labute approximate surface area is 310 Å². The maximum Gasteiger partial charge on any atom is 0.220 e. The van der Waals surface area contributed by atoms with Crippen molar-refractivity contribution >= 4 is 5.91 Å². The van der Waals surface area contributed by atoms with E-state index in [1.54, 1.807) is 6.08 Å². The number of hydrogen-bond acceptors (Lipinski definition) is 3. The molecule has 4 nitrogen and oxygen atoms in total. The summed E-state index contributed by atoms with van der Waals surface area (Å²) in [6, 6.07) is -0.650. The molecule has 0 spiro atoms. The molecule has 0 saturated carbocycles. The van der Waals surface area contributed by atoms with Crippen LogP contribution in [0.25, 0.3) is 0 Å². The average molecular weight is 694 g/mol. The number of aliphatic hydroxyl groups excluding tert-OH is 2. The van der Waals surface area contributed by atoms with Crippen molar-refractivity contribution in [2.45, 2.75) is 193 Å². The second-order valence-electron chi connectivity index (χ2n) is 13.7. The summed E-state index contributed by atoms with van der Waals surface area (Å²) in [7, 11) is 0. The Bertz CT molecular complexity index is 926. The van der Waals surface area contributed by atoms with Crippen LogP contribution in [-0.4, -0.2) is 34.9 Å². The van der Waals surface area contributed by atoms with E-state index in [4.69, 9.17) is 0 Å². The van der Waals surface area contributed by atoms with E-state index >= 15 is 0 Å². The number of amides is 1. The van der Waals surface area contributed by atoms with Gasteiger partial charge in [-0.15, -0.1) is 0 Å². The van der Waals surface area contributed by atoms with Gasteiger partial charge in [0.05, 0.1) is 18.8 Å². The Kier molecular flexibility index (Phi) is 39.0. The molecule has 2 atom stereocenters. The van der Waals surface area contributed by atoms with Crippen molar-refractivity contribution in [1.82, 2.24) is 5.32 Å². The summed E-state index contributed by atoms with van der Waals surface area (Å²) in [5.41, 5.74) is 0.